The number of rotatable bonds is 44. The Kier molecular flexibility index (Phi) is 43.1. The third kappa shape index (κ3) is 39.2. The Hall–Kier alpha value is -1.66. The molecule has 0 aliphatic rings. The van der Waals surface area contributed by atoms with Crippen molar-refractivity contribution >= 4 is 11.9 Å². The molecule has 0 aromatic rings. The summed E-state index contributed by atoms with van der Waals surface area (Å²) in [6, 6.07) is -0.706. The molecule has 6 nitrogen and oxygen atoms in total. The van der Waals surface area contributed by atoms with E-state index in [9.17, 15) is 19.8 Å². The van der Waals surface area contributed by atoms with Crippen molar-refractivity contribution in [2.45, 2.75) is 277 Å². The van der Waals surface area contributed by atoms with Gasteiger partial charge in [-0.3, -0.25) is 9.59 Å². The molecule has 0 aliphatic heterocycles. The molecule has 0 heterocycles. The fourth-order valence-corrected chi connectivity index (χ4v) is 7.49. The molecule has 0 rings (SSSR count). The number of unbranched alkanes of at least 4 members (excludes halogenated alkanes) is 28. The van der Waals surface area contributed by atoms with Crippen molar-refractivity contribution in [3.05, 3.63) is 24.3 Å². The van der Waals surface area contributed by atoms with Gasteiger partial charge < -0.3 is 20.3 Å². The molecular formula is C50H95NO5. The van der Waals surface area contributed by atoms with Crippen molar-refractivity contribution in [1.29, 1.82) is 0 Å². The number of carbonyl (C=O) groups excluding carboxylic acids is 2. The second-order valence-corrected chi connectivity index (χ2v) is 16.9. The van der Waals surface area contributed by atoms with Crippen LogP contribution in [0.4, 0.5) is 0 Å². The van der Waals surface area contributed by atoms with Crippen LogP contribution >= 0.6 is 0 Å². The second-order valence-electron chi connectivity index (χ2n) is 16.9. The maximum Gasteiger partial charge on any atom is 0.306 e. The monoisotopic (exact) mass is 790 g/mol. The molecule has 3 unspecified atom stereocenters. The largest absolute Gasteiger partial charge is 0.462 e. The molecule has 0 bridgehead atoms. The summed E-state index contributed by atoms with van der Waals surface area (Å²) in [5, 5.41) is 23.7. The zero-order valence-corrected chi connectivity index (χ0v) is 37.5. The summed E-state index contributed by atoms with van der Waals surface area (Å²) in [4.78, 5) is 26.0. The Morgan fingerprint density at radius 3 is 1.38 bits per heavy atom. The summed E-state index contributed by atoms with van der Waals surface area (Å²) in [5.74, 6) is -0.509. The number of aliphatic hydroxyl groups is 2. The van der Waals surface area contributed by atoms with Crippen LogP contribution in [0.5, 0.6) is 0 Å². The minimum absolute atomic E-state index is 0.0566. The number of hydrogen-bond donors (Lipinski definition) is 3. The standard InChI is InChI=1S/C50H95NO5/c1-4-7-10-13-16-19-22-23-24-25-26-28-30-33-36-39-42-48(53)47(45-52)51-49(54)44-46(41-38-35-32-29-27-20-17-14-11-8-5-2)56-50(55)43-40-37-34-31-21-18-15-12-9-6-3/h12,15,29,32,46-48,52-53H,4-11,13-14,16-28,30-31,33-45H2,1-3H3,(H,51,54)/b15-12-,32-29-. The lowest BCUT2D eigenvalue weighted by atomic mass is 10.0. The molecular weight excluding hydrogens is 695 g/mol. The first-order valence-electron chi connectivity index (χ1n) is 24.6. The van der Waals surface area contributed by atoms with Crippen LogP contribution in [0.1, 0.15) is 258 Å². The molecule has 0 fully saturated rings. The third-order valence-corrected chi connectivity index (χ3v) is 11.2. The van der Waals surface area contributed by atoms with E-state index in [1.54, 1.807) is 0 Å². The van der Waals surface area contributed by atoms with Gasteiger partial charge in [0, 0.05) is 6.42 Å². The highest BCUT2D eigenvalue weighted by Gasteiger charge is 2.24. The van der Waals surface area contributed by atoms with Gasteiger partial charge in [0.2, 0.25) is 5.91 Å². The Balaban J connectivity index is 4.49. The predicted octanol–water partition coefficient (Wildman–Crippen LogP) is 14.3. The van der Waals surface area contributed by atoms with Crippen molar-refractivity contribution in [3.8, 4) is 0 Å². The van der Waals surface area contributed by atoms with Gasteiger partial charge in [-0.15, -0.1) is 0 Å². The lowest BCUT2D eigenvalue weighted by molar-refractivity contribution is -0.151. The second kappa shape index (κ2) is 44.4. The molecule has 0 spiro atoms. The highest BCUT2D eigenvalue weighted by Crippen LogP contribution is 2.17. The molecule has 1 amide bonds. The highest BCUT2D eigenvalue weighted by molar-refractivity contribution is 5.77. The van der Waals surface area contributed by atoms with Gasteiger partial charge in [-0.05, 0) is 64.2 Å². The van der Waals surface area contributed by atoms with E-state index in [1.807, 2.05) is 0 Å². The number of nitrogens with one attached hydrogen (secondary N) is 1. The number of allylic oxidation sites excluding steroid dienone is 4. The van der Waals surface area contributed by atoms with E-state index >= 15 is 0 Å². The van der Waals surface area contributed by atoms with Gasteiger partial charge in [0.15, 0.2) is 0 Å². The molecule has 6 heteroatoms. The van der Waals surface area contributed by atoms with Crippen LogP contribution in [-0.4, -0.2) is 46.9 Å². The van der Waals surface area contributed by atoms with E-state index in [0.717, 1.165) is 64.2 Å². The first kappa shape index (κ1) is 54.3. The molecule has 330 valence electrons. The summed E-state index contributed by atoms with van der Waals surface area (Å²) in [6.45, 7) is 6.41. The number of carbonyl (C=O) groups is 2. The fourth-order valence-electron chi connectivity index (χ4n) is 7.49. The van der Waals surface area contributed by atoms with Crippen LogP contribution in [0.2, 0.25) is 0 Å². The third-order valence-electron chi connectivity index (χ3n) is 11.2. The molecule has 0 radical (unpaired) electrons. The van der Waals surface area contributed by atoms with Gasteiger partial charge in [-0.1, -0.05) is 206 Å². The number of aliphatic hydroxyl groups excluding tert-OH is 2. The maximum atomic E-state index is 13.1. The van der Waals surface area contributed by atoms with E-state index in [1.165, 1.54) is 148 Å². The summed E-state index contributed by atoms with van der Waals surface area (Å²) in [5.41, 5.74) is 0. The van der Waals surface area contributed by atoms with Crippen LogP contribution in [0.15, 0.2) is 24.3 Å². The summed E-state index contributed by atoms with van der Waals surface area (Å²) in [6.07, 6.45) is 49.6. The van der Waals surface area contributed by atoms with E-state index in [2.05, 4.69) is 50.4 Å². The molecule has 0 saturated carbocycles. The van der Waals surface area contributed by atoms with Crippen LogP contribution in [-0.2, 0) is 14.3 Å². The predicted molar refractivity (Wildman–Crippen MR) is 241 cm³/mol. The normalized spacial score (nSPS) is 13.4. The Morgan fingerprint density at radius 2 is 0.911 bits per heavy atom. The van der Waals surface area contributed by atoms with Gasteiger partial charge in [0.1, 0.15) is 6.10 Å². The topological polar surface area (TPSA) is 95.9 Å². The van der Waals surface area contributed by atoms with Gasteiger partial charge >= 0.3 is 5.97 Å². The smallest absolute Gasteiger partial charge is 0.306 e. The Labute approximate surface area is 348 Å². The first-order chi connectivity index (χ1) is 27.5. The van der Waals surface area contributed by atoms with Crippen LogP contribution in [0, 0.1) is 0 Å². The quantitative estimate of drug-likeness (QED) is 0.0324. The van der Waals surface area contributed by atoms with Crippen molar-refractivity contribution in [2.75, 3.05) is 6.61 Å². The zero-order valence-electron chi connectivity index (χ0n) is 37.5. The van der Waals surface area contributed by atoms with E-state index < -0.39 is 18.2 Å². The maximum absolute atomic E-state index is 13.1. The molecule has 0 saturated heterocycles. The van der Waals surface area contributed by atoms with Crippen molar-refractivity contribution in [2.24, 2.45) is 0 Å². The SMILES string of the molecule is CCC/C=C\CCCCCCCC(=O)OC(CCC/C=C\CCCCCCCC)CC(=O)NC(CO)C(O)CCCCCCCCCCCCCCCCCC. The van der Waals surface area contributed by atoms with Crippen LogP contribution < -0.4 is 5.32 Å². The van der Waals surface area contributed by atoms with Crippen molar-refractivity contribution in [1.82, 2.24) is 5.32 Å². The average molecular weight is 790 g/mol. The zero-order chi connectivity index (χ0) is 41.0. The minimum atomic E-state index is -0.791. The van der Waals surface area contributed by atoms with Gasteiger partial charge in [-0.25, -0.2) is 0 Å². The number of ether oxygens (including phenoxy) is 1. The fraction of sp³-hybridized carbons (Fsp3) is 0.880. The summed E-state index contributed by atoms with van der Waals surface area (Å²) < 4.78 is 5.88. The summed E-state index contributed by atoms with van der Waals surface area (Å²) >= 11 is 0. The van der Waals surface area contributed by atoms with Gasteiger partial charge in [-0.2, -0.15) is 0 Å². The van der Waals surface area contributed by atoms with Crippen molar-refractivity contribution < 1.29 is 24.5 Å². The Bertz CT molecular complexity index is 889. The molecule has 56 heavy (non-hydrogen) atoms. The van der Waals surface area contributed by atoms with E-state index in [0.29, 0.717) is 19.3 Å². The number of amides is 1. The number of hydrogen-bond acceptors (Lipinski definition) is 5. The molecule has 0 aliphatic carbocycles. The van der Waals surface area contributed by atoms with Crippen LogP contribution in [0.3, 0.4) is 0 Å². The highest BCUT2D eigenvalue weighted by atomic mass is 16.5. The lowest BCUT2D eigenvalue weighted by Gasteiger charge is -2.24. The van der Waals surface area contributed by atoms with E-state index in [-0.39, 0.29) is 24.9 Å². The Morgan fingerprint density at radius 1 is 0.500 bits per heavy atom. The van der Waals surface area contributed by atoms with Gasteiger partial charge in [0.25, 0.3) is 0 Å². The molecule has 3 N–H and O–H groups in total. The summed E-state index contributed by atoms with van der Waals surface area (Å²) in [7, 11) is 0. The first-order valence-corrected chi connectivity index (χ1v) is 24.6. The minimum Gasteiger partial charge on any atom is -0.462 e. The van der Waals surface area contributed by atoms with Crippen molar-refractivity contribution in [3.63, 3.8) is 0 Å². The lowest BCUT2D eigenvalue weighted by Crippen LogP contribution is -2.46. The average Bonchev–Trinajstić information content (AvgIpc) is 3.19. The number of esters is 1. The van der Waals surface area contributed by atoms with Gasteiger partial charge in [0.05, 0.1) is 25.2 Å². The van der Waals surface area contributed by atoms with E-state index in [4.69, 9.17) is 4.74 Å². The molecule has 3 atom stereocenters. The molecule has 0 aromatic carbocycles. The molecule has 0 aromatic heterocycles. The van der Waals surface area contributed by atoms with Crippen LogP contribution in [0.25, 0.3) is 0 Å².